The topological polar surface area (TPSA) is 48.0 Å². The van der Waals surface area contributed by atoms with Crippen molar-refractivity contribution in [3.63, 3.8) is 0 Å². The Morgan fingerprint density at radius 2 is 2.00 bits per heavy atom. The minimum atomic E-state index is -0.347. The zero-order chi connectivity index (χ0) is 18.4. The van der Waals surface area contributed by atoms with E-state index >= 15 is 0 Å². The lowest BCUT2D eigenvalue weighted by Gasteiger charge is -2.37. The lowest BCUT2D eigenvalue weighted by molar-refractivity contribution is -0.134. The number of methoxy groups -OCH3 is 3. The summed E-state index contributed by atoms with van der Waals surface area (Å²) in [5, 5.41) is 0. The van der Waals surface area contributed by atoms with E-state index in [4.69, 9.17) is 9.47 Å². The Hall–Kier alpha value is -1.79. The van der Waals surface area contributed by atoms with Gasteiger partial charge < -0.3 is 14.2 Å². The van der Waals surface area contributed by atoms with Gasteiger partial charge in [-0.05, 0) is 36.1 Å². The van der Waals surface area contributed by atoms with Gasteiger partial charge in [-0.15, -0.1) is 0 Å². The fraction of sp³-hybridized carbons (Fsp3) is 0.421. The molecular weight excluding hydrogens is 386 g/mol. The molecule has 0 radical (unpaired) electrons. The van der Waals surface area contributed by atoms with E-state index in [-0.39, 0.29) is 12.0 Å². The average Bonchev–Trinajstić information content (AvgIpc) is 2.61. The van der Waals surface area contributed by atoms with E-state index < -0.39 is 0 Å². The van der Waals surface area contributed by atoms with E-state index in [0.717, 1.165) is 29.7 Å². The quantitative estimate of drug-likeness (QED) is 0.508. The Kier molecular flexibility index (Phi) is 7.08. The second-order valence-corrected chi connectivity index (χ2v) is 6.94. The van der Waals surface area contributed by atoms with Crippen LogP contribution in [0, 0.1) is 0 Å². The van der Waals surface area contributed by atoms with Crippen molar-refractivity contribution < 1.29 is 19.0 Å². The number of ether oxygens (including phenoxy) is 3. The summed E-state index contributed by atoms with van der Waals surface area (Å²) in [6, 6.07) is 4.21. The summed E-state index contributed by atoms with van der Waals surface area (Å²) in [7, 11) is 4.66. The fourth-order valence-corrected chi connectivity index (χ4v) is 3.45. The van der Waals surface area contributed by atoms with E-state index in [1.807, 2.05) is 18.2 Å². The lowest BCUT2D eigenvalue weighted by atomic mass is 9.90. The molecular formula is C19H24BrNO4. The molecule has 2 rings (SSSR count). The number of hydrogen-bond donors (Lipinski definition) is 0. The molecule has 0 aliphatic carbocycles. The molecule has 1 aromatic carbocycles. The number of halogens is 1. The first kappa shape index (κ1) is 19.5. The number of carbonyl (C=O) groups is 1. The highest BCUT2D eigenvalue weighted by Crippen LogP contribution is 2.39. The van der Waals surface area contributed by atoms with Crippen molar-refractivity contribution in [2.45, 2.75) is 18.9 Å². The zero-order valence-electron chi connectivity index (χ0n) is 14.9. The first-order valence-electron chi connectivity index (χ1n) is 8.06. The Morgan fingerprint density at radius 3 is 2.60 bits per heavy atom. The van der Waals surface area contributed by atoms with Crippen molar-refractivity contribution in [3.8, 4) is 11.5 Å². The first-order chi connectivity index (χ1) is 12.0. The third kappa shape index (κ3) is 4.86. The number of rotatable bonds is 7. The summed E-state index contributed by atoms with van der Waals surface area (Å²) in [5.41, 5.74) is 2.43. The molecule has 1 heterocycles. The summed E-state index contributed by atoms with van der Waals surface area (Å²) in [5.74, 6) is 1.10. The van der Waals surface area contributed by atoms with Crippen molar-refractivity contribution in [2.24, 2.45) is 0 Å². The molecule has 1 aromatic rings. The number of benzene rings is 1. The summed E-state index contributed by atoms with van der Waals surface area (Å²) in [4.78, 5) is 13.7. The molecule has 1 atom stereocenters. The van der Waals surface area contributed by atoms with Crippen LogP contribution in [0.5, 0.6) is 11.5 Å². The van der Waals surface area contributed by atoms with Crippen LogP contribution >= 0.6 is 15.9 Å². The van der Waals surface area contributed by atoms with Crippen LogP contribution in [0.1, 0.15) is 23.6 Å². The zero-order valence-corrected chi connectivity index (χ0v) is 16.5. The predicted octanol–water partition coefficient (Wildman–Crippen LogP) is 3.63. The summed E-state index contributed by atoms with van der Waals surface area (Å²) in [6.45, 7) is 5.61. The number of esters is 1. The smallest absolute Gasteiger partial charge is 0.330 e. The second-order valence-electron chi connectivity index (χ2n) is 5.82. The van der Waals surface area contributed by atoms with Crippen LogP contribution in [-0.4, -0.2) is 45.3 Å². The van der Waals surface area contributed by atoms with Crippen molar-refractivity contribution in [3.05, 3.63) is 46.5 Å². The Balaban J connectivity index is 2.37. The third-order valence-electron chi connectivity index (χ3n) is 4.30. The van der Waals surface area contributed by atoms with Crippen molar-refractivity contribution in [1.29, 1.82) is 0 Å². The molecule has 0 aromatic heterocycles. The van der Waals surface area contributed by atoms with E-state index in [0.29, 0.717) is 12.2 Å². The molecule has 6 heteroatoms. The molecule has 1 unspecified atom stereocenters. The van der Waals surface area contributed by atoms with E-state index in [1.54, 1.807) is 14.2 Å². The average molecular weight is 410 g/mol. The summed E-state index contributed by atoms with van der Waals surface area (Å²) < 4.78 is 16.5. The highest BCUT2D eigenvalue weighted by Gasteiger charge is 2.28. The third-order valence-corrected chi connectivity index (χ3v) is 4.55. The summed E-state index contributed by atoms with van der Waals surface area (Å²) in [6.07, 6.45) is 4.94. The highest BCUT2D eigenvalue weighted by molar-refractivity contribution is 9.11. The molecule has 0 bridgehead atoms. The monoisotopic (exact) mass is 409 g/mol. The van der Waals surface area contributed by atoms with E-state index in [1.165, 1.54) is 24.3 Å². The summed E-state index contributed by atoms with van der Waals surface area (Å²) >= 11 is 3.46. The second kappa shape index (κ2) is 9.06. The largest absolute Gasteiger partial charge is 0.493 e. The van der Waals surface area contributed by atoms with Crippen LogP contribution in [0.25, 0.3) is 0 Å². The van der Waals surface area contributed by atoms with Crippen LogP contribution < -0.4 is 9.47 Å². The maximum absolute atomic E-state index is 11.4. The standard InChI is InChI=1S/C19H24BrNO4/c1-13(20)12-21-9-8-14-10-17(23-2)18(24-3)11-15(14)16(21)6-5-7-19(22)25-4/h5,7,10-11,16H,1,6,8-9,12H2,2-4H3/b7-5+. The molecule has 0 fully saturated rings. The van der Waals surface area contributed by atoms with Crippen LogP contribution in [0.15, 0.2) is 35.3 Å². The molecule has 1 aliphatic heterocycles. The van der Waals surface area contributed by atoms with Crippen LogP contribution in [0.2, 0.25) is 0 Å². The maximum atomic E-state index is 11.4. The molecule has 25 heavy (non-hydrogen) atoms. The van der Waals surface area contributed by atoms with Gasteiger partial charge in [0.1, 0.15) is 0 Å². The molecule has 0 spiro atoms. The van der Waals surface area contributed by atoms with Crippen LogP contribution in [-0.2, 0) is 16.0 Å². The number of hydrogen-bond acceptors (Lipinski definition) is 5. The van der Waals surface area contributed by atoms with Crippen LogP contribution in [0.3, 0.4) is 0 Å². The predicted molar refractivity (Wildman–Crippen MR) is 101 cm³/mol. The van der Waals surface area contributed by atoms with Gasteiger partial charge in [0.2, 0.25) is 0 Å². The number of nitrogens with zero attached hydrogens (tertiary/aromatic N) is 1. The minimum Gasteiger partial charge on any atom is -0.493 e. The maximum Gasteiger partial charge on any atom is 0.330 e. The van der Waals surface area contributed by atoms with Gasteiger partial charge in [-0.1, -0.05) is 28.6 Å². The van der Waals surface area contributed by atoms with Gasteiger partial charge >= 0.3 is 5.97 Å². The molecule has 1 aliphatic rings. The molecule has 136 valence electrons. The van der Waals surface area contributed by atoms with Crippen molar-refractivity contribution >= 4 is 21.9 Å². The lowest BCUT2D eigenvalue weighted by Crippen LogP contribution is -2.36. The van der Waals surface area contributed by atoms with Crippen molar-refractivity contribution in [1.82, 2.24) is 4.90 Å². The van der Waals surface area contributed by atoms with Gasteiger partial charge in [0.25, 0.3) is 0 Å². The highest BCUT2D eigenvalue weighted by atomic mass is 79.9. The molecule has 0 saturated carbocycles. The van der Waals surface area contributed by atoms with Gasteiger partial charge in [0.05, 0.1) is 21.3 Å². The van der Waals surface area contributed by atoms with Crippen LogP contribution in [0.4, 0.5) is 0 Å². The van der Waals surface area contributed by atoms with E-state index in [9.17, 15) is 4.79 Å². The molecule has 0 amide bonds. The van der Waals surface area contributed by atoms with Gasteiger partial charge in [0.15, 0.2) is 11.5 Å². The van der Waals surface area contributed by atoms with E-state index in [2.05, 4.69) is 32.1 Å². The van der Waals surface area contributed by atoms with Gasteiger partial charge in [0, 0.05) is 29.7 Å². The fourth-order valence-electron chi connectivity index (χ4n) is 3.13. The SMILES string of the molecule is C=C(Br)CN1CCc2cc(OC)c(OC)cc2C1C/C=C/C(=O)OC. The minimum absolute atomic E-state index is 0.124. The molecule has 0 N–H and O–H groups in total. The normalized spacial score (nSPS) is 17.2. The van der Waals surface area contributed by atoms with Crippen molar-refractivity contribution in [2.75, 3.05) is 34.4 Å². The first-order valence-corrected chi connectivity index (χ1v) is 8.86. The van der Waals surface area contributed by atoms with Gasteiger partial charge in [-0.25, -0.2) is 4.79 Å². The van der Waals surface area contributed by atoms with Gasteiger partial charge in [-0.2, -0.15) is 0 Å². The van der Waals surface area contributed by atoms with Gasteiger partial charge in [-0.3, -0.25) is 4.90 Å². The Morgan fingerprint density at radius 1 is 1.32 bits per heavy atom. The Bertz CT molecular complexity index is 672. The molecule has 0 saturated heterocycles. The molecule has 5 nitrogen and oxygen atoms in total. The number of fused-ring (bicyclic) bond motifs is 1. The Labute approximate surface area is 157 Å². The number of carbonyl (C=O) groups excluding carboxylic acids is 1.